The van der Waals surface area contributed by atoms with Gasteiger partial charge in [-0.3, -0.25) is 19.4 Å². The zero-order valence-corrected chi connectivity index (χ0v) is 22.5. The van der Waals surface area contributed by atoms with Crippen LogP contribution in [0.4, 0.5) is 5.69 Å². The molecule has 0 spiro atoms. The lowest BCUT2D eigenvalue weighted by atomic mass is 10.00. The number of hydrogen-bond donors (Lipinski definition) is 3. The van der Waals surface area contributed by atoms with E-state index in [0.29, 0.717) is 18.6 Å². The SMILES string of the molecule is COCCNC(=O)[C@H](c1ccc2ncccc2c1)N(CCc1cccc(C)c1)C(=O)c1snc(C(N)=O)c1N. The molecule has 1 atom stereocenters. The summed E-state index contributed by atoms with van der Waals surface area (Å²) < 4.78 is 9.10. The topological polar surface area (TPSA) is 154 Å². The summed E-state index contributed by atoms with van der Waals surface area (Å²) >= 11 is 0.785. The Bertz CT molecular complexity index is 1500. The lowest BCUT2D eigenvalue weighted by Crippen LogP contribution is -2.45. The summed E-state index contributed by atoms with van der Waals surface area (Å²) in [7, 11) is 1.54. The van der Waals surface area contributed by atoms with E-state index in [1.54, 1.807) is 19.4 Å². The Morgan fingerprint density at radius 1 is 1.13 bits per heavy atom. The van der Waals surface area contributed by atoms with Gasteiger partial charge in [-0.2, -0.15) is 4.37 Å². The number of rotatable bonds is 11. The van der Waals surface area contributed by atoms with E-state index >= 15 is 0 Å². The van der Waals surface area contributed by atoms with Crippen molar-refractivity contribution < 1.29 is 19.1 Å². The molecule has 0 saturated carbocycles. The van der Waals surface area contributed by atoms with E-state index in [1.807, 2.05) is 55.5 Å². The number of aromatic nitrogens is 2. The van der Waals surface area contributed by atoms with Gasteiger partial charge in [-0.1, -0.05) is 42.0 Å². The lowest BCUT2D eigenvalue weighted by molar-refractivity contribution is -0.126. The number of methoxy groups -OCH3 is 1. The van der Waals surface area contributed by atoms with Gasteiger partial charge in [0.25, 0.3) is 11.8 Å². The number of pyridine rings is 1. The molecule has 202 valence electrons. The average Bonchev–Trinajstić information content (AvgIpc) is 3.32. The number of benzene rings is 2. The highest BCUT2D eigenvalue weighted by Gasteiger charge is 2.34. The molecule has 2 heterocycles. The highest BCUT2D eigenvalue weighted by molar-refractivity contribution is 7.09. The number of carbonyl (C=O) groups excluding carboxylic acids is 3. The quantitative estimate of drug-likeness (QED) is 0.244. The highest BCUT2D eigenvalue weighted by Crippen LogP contribution is 2.30. The third kappa shape index (κ3) is 6.39. The number of amides is 3. The smallest absolute Gasteiger partial charge is 0.270 e. The fourth-order valence-corrected chi connectivity index (χ4v) is 5.10. The van der Waals surface area contributed by atoms with E-state index in [-0.39, 0.29) is 35.3 Å². The Balaban J connectivity index is 1.80. The van der Waals surface area contributed by atoms with Crippen molar-refractivity contribution in [1.29, 1.82) is 0 Å². The number of aryl methyl sites for hydroxylation is 1. The van der Waals surface area contributed by atoms with Crippen LogP contribution in [0.1, 0.15) is 42.9 Å². The van der Waals surface area contributed by atoms with E-state index in [0.717, 1.165) is 33.6 Å². The van der Waals surface area contributed by atoms with Gasteiger partial charge in [0.05, 0.1) is 17.8 Å². The minimum Gasteiger partial charge on any atom is -0.395 e. The summed E-state index contributed by atoms with van der Waals surface area (Å²) in [6, 6.07) is 16.1. The molecule has 0 bridgehead atoms. The number of nitrogens with two attached hydrogens (primary N) is 2. The number of nitrogen functional groups attached to an aromatic ring is 1. The van der Waals surface area contributed by atoms with Crippen molar-refractivity contribution in [2.24, 2.45) is 5.73 Å². The van der Waals surface area contributed by atoms with Gasteiger partial charge >= 0.3 is 0 Å². The van der Waals surface area contributed by atoms with Crippen LogP contribution in [0.15, 0.2) is 60.8 Å². The average molecular weight is 547 g/mol. The third-order valence-corrected chi connectivity index (χ3v) is 7.10. The summed E-state index contributed by atoms with van der Waals surface area (Å²) in [4.78, 5) is 45.4. The molecule has 5 N–H and O–H groups in total. The first-order valence-corrected chi connectivity index (χ1v) is 13.1. The lowest BCUT2D eigenvalue weighted by Gasteiger charge is -2.31. The molecule has 10 nitrogen and oxygen atoms in total. The van der Waals surface area contributed by atoms with E-state index < -0.39 is 17.9 Å². The third-order valence-electron chi connectivity index (χ3n) is 6.25. The normalized spacial score (nSPS) is 11.7. The van der Waals surface area contributed by atoms with E-state index in [1.165, 1.54) is 4.90 Å². The molecular weight excluding hydrogens is 516 g/mol. The van der Waals surface area contributed by atoms with E-state index in [9.17, 15) is 14.4 Å². The minimum atomic E-state index is -1.01. The number of carbonyl (C=O) groups is 3. The largest absolute Gasteiger partial charge is 0.395 e. The van der Waals surface area contributed by atoms with Crippen molar-refractivity contribution in [3.8, 4) is 0 Å². The molecule has 39 heavy (non-hydrogen) atoms. The molecule has 0 aliphatic heterocycles. The predicted molar refractivity (Wildman–Crippen MR) is 150 cm³/mol. The molecular formula is C28H30N6O4S. The summed E-state index contributed by atoms with van der Waals surface area (Å²) in [6.45, 7) is 2.75. The first-order valence-electron chi connectivity index (χ1n) is 12.3. The fraction of sp³-hybridized carbons (Fsp3) is 0.250. The molecule has 4 aromatic rings. The summed E-state index contributed by atoms with van der Waals surface area (Å²) in [5, 5.41) is 3.69. The van der Waals surface area contributed by atoms with E-state index in [2.05, 4.69) is 14.7 Å². The van der Waals surface area contributed by atoms with Gasteiger partial charge in [-0.25, -0.2) is 0 Å². The maximum absolute atomic E-state index is 14.0. The van der Waals surface area contributed by atoms with Crippen molar-refractivity contribution in [2.45, 2.75) is 19.4 Å². The Morgan fingerprint density at radius 2 is 1.95 bits per heavy atom. The van der Waals surface area contributed by atoms with Crippen LogP contribution in [0.3, 0.4) is 0 Å². The molecule has 4 rings (SSSR count). The van der Waals surface area contributed by atoms with Crippen LogP contribution in [0.2, 0.25) is 0 Å². The second-order valence-electron chi connectivity index (χ2n) is 9.02. The van der Waals surface area contributed by atoms with Crippen LogP contribution in [0.25, 0.3) is 10.9 Å². The molecule has 3 amide bonds. The number of hydrogen-bond acceptors (Lipinski definition) is 8. The zero-order chi connectivity index (χ0) is 27.9. The Hall–Kier alpha value is -4.35. The van der Waals surface area contributed by atoms with Gasteiger partial charge in [-0.15, -0.1) is 0 Å². The molecule has 0 aliphatic rings. The molecule has 11 heteroatoms. The number of ether oxygens (including phenoxy) is 1. The molecule has 2 aromatic heterocycles. The number of nitrogens with zero attached hydrogens (tertiary/aromatic N) is 3. The van der Waals surface area contributed by atoms with Crippen molar-refractivity contribution in [3.63, 3.8) is 0 Å². The molecule has 0 unspecified atom stereocenters. The summed E-state index contributed by atoms with van der Waals surface area (Å²) in [6.07, 6.45) is 2.17. The van der Waals surface area contributed by atoms with Crippen LogP contribution < -0.4 is 16.8 Å². The van der Waals surface area contributed by atoms with Crippen molar-refractivity contribution in [1.82, 2.24) is 19.6 Å². The van der Waals surface area contributed by atoms with Crippen LogP contribution in [-0.2, 0) is 16.0 Å². The molecule has 0 saturated heterocycles. The second kappa shape index (κ2) is 12.5. The minimum absolute atomic E-state index is 0.0465. The number of fused-ring (bicyclic) bond motifs is 1. The van der Waals surface area contributed by atoms with Gasteiger partial charge in [0.2, 0.25) is 5.91 Å². The highest BCUT2D eigenvalue weighted by atomic mass is 32.1. The predicted octanol–water partition coefficient (Wildman–Crippen LogP) is 2.87. The first kappa shape index (κ1) is 27.7. The number of anilines is 1. The van der Waals surface area contributed by atoms with Crippen LogP contribution >= 0.6 is 11.5 Å². The molecule has 0 aliphatic carbocycles. The van der Waals surface area contributed by atoms with Gasteiger partial charge < -0.3 is 26.4 Å². The van der Waals surface area contributed by atoms with Gasteiger partial charge in [-0.05, 0) is 54.2 Å². The monoisotopic (exact) mass is 546 g/mol. The maximum atomic E-state index is 14.0. The number of nitrogens with one attached hydrogen (secondary N) is 1. The molecule has 0 radical (unpaired) electrons. The first-order chi connectivity index (χ1) is 18.8. The number of primary amides is 1. The van der Waals surface area contributed by atoms with Crippen LogP contribution in [0, 0.1) is 6.92 Å². The van der Waals surface area contributed by atoms with Crippen molar-refractivity contribution >= 4 is 45.8 Å². The Labute approximate surface area is 230 Å². The van der Waals surface area contributed by atoms with Crippen molar-refractivity contribution in [2.75, 3.05) is 32.5 Å². The second-order valence-corrected chi connectivity index (χ2v) is 9.79. The molecule has 0 fully saturated rings. The fourth-order valence-electron chi connectivity index (χ4n) is 4.33. The zero-order valence-electron chi connectivity index (χ0n) is 21.7. The summed E-state index contributed by atoms with van der Waals surface area (Å²) in [5.74, 6) is -1.74. The Kier molecular flexibility index (Phi) is 8.84. The standard InChI is InChI=1S/C28H30N6O4S/c1-17-5-3-6-18(15-17)10-13-34(28(37)25-22(29)23(26(30)35)33-39-25)24(27(36)32-12-14-38-2)20-8-9-21-19(16-20)7-4-11-31-21/h3-9,11,15-16,24H,10,12-14,29H2,1-2H3,(H2,30,35)(H,32,36)/t24-/m0/s1. The van der Waals surface area contributed by atoms with Crippen molar-refractivity contribution in [3.05, 3.63) is 88.1 Å². The Morgan fingerprint density at radius 3 is 2.67 bits per heavy atom. The van der Waals surface area contributed by atoms with Crippen LogP contribution in [0.5, 0.6) is 0 Å². The van der Waals surface area contributed by atoms with Gasteiger partial charge in [0, 0.05) is 31.8 Å². The van der Waals surface area contributed by atoms with Gasteiger partial charge in [0.1, 0.15) is 10.9 Å². The van der Waals surface area contributed by atoms with E-state index in [4.69, 9.17) is 16.2 Å². The van der Waals surface area contributed by atoms with Gasteiger partial charge in [0.15, 0.2) is 5.69 Å². The maximum Gasteiger partial charge on any atom is 0.270 e. The summed E-state index contributed by atoms with van der Waals surface area (Å²) in [5.41, 5.74) is 14.7. The van der Waals surface area contributed by atoms with Crippen LogP contribution in [-0.4, -0.2) is 58.8 Å². The molecule has 2 aromatic carbocycles.